The monoisotopic (exact) mass is 402 g/mol. The van der Waals surface area contributed by atoms with E-state index in [1.165, 1.54) is 6.42 Å². The van der Waals surface area contributed by atoms with E-state index in [4.69, 9.17) is 10.5 Å². The van der Waals surface area contributed by atoms with Gasteiger partial charge in [0.1, 0.15) is 5.54 Å². The van der Waals surface area contributed by atoms with E-state index in [0.717, 1.165) is 38.8 Å². The lowest BCUT2D eigenvalue weighted by Gasteiger charge is -2.48. The van der Waals surface area contributed by atoms with Gasteiger partial charge in [0.25, 0.3) is 10.2 Å². The lowest BCUT2D eigenvalue weighted by Crippen LogP contribution is -2.64. The molecule has 3 rings (SSSR count). The summed E-state index contributed by atoms with van der Waals surface area (Å²) in [6.45, 7) is 4.12. The standard InChI is InChI=1S/C18H34N4O4S/c1-26-15-16-6-5-11-22(14-16)27(24,25)21-12-7-18(8-13-21,17(19)23)20-9-3-2-4-10-20/h16H,2-15H2,1H3,(H2,19,23). The Morgan fingerprint density at radius 3 is 2.30 bits per heavy atom. The van der Waals surface area contributed by atoms with Crippen LogP contribution in [0.4, 0.5) is 0 Å². The SMILES string of the molecule is COCC1CCCN(S(=O)(=O)N2CCC(C(N)=O)(N3CCCCC3)CC2)C1. The maximum atomic E-state index is 13.1. The van der Waals surface area contributed by atoms with Crippen molar-refractivity contribution in [3.05, 3.63) is 0 Å². The molecule has 0 aliphatic carbocycles. The topological polar surface area (TPSA) is 96.2 Å². The van der Waals surface area contributed by atoms with E-state index in [0.29, 0.717) is 45.6 Å². The van der Waals surface area contributed by atoms with E-state index >= 15 is 0 Å². The molecule has 0 spiro atoms. The number of primary amides is 1. The van der Waals surface area contributed by atoms with Gasteiger partial charge in [0.05, 0.1) is 6.61 Å². The summed E-state index contributed by atoms with van der Waals surface area (Å²) < 4.78 is 34.6. The van der Waals surface area contributed by atoms with Crippen LogP contribution in [0.1, 0.15) is 44.9 Å². The number of piperidine rings is 3. The summed E-state index contributed by atoms with van der Waals surface area (Å²) in [5.41, 5.74) is 5.12. The Hall–Kier alpha value is -0.740. The quantitative estimate of drug-likeness (QED) is 0.694. The Morgan fingerprint density at radius 2 is 1.70 bits per heavy atom. The average molecular weight is 403 g/mol. The largest absolute Gasteiger partial charge is 0.384 e. The number of nitrogens with two attached hydrogens (primary N) is 1. The lowest BCUT2D eigenvalue weighted by atomic mass is 9.84. The molecule has 27 heavy (non-hydrogen) atoms. The number of hydrogen-bond donors (Lipinski definition) is 1. The van der Waals surface area contributed by atoms with E-state index in [1.54, 1.807) is 15.7 Å². The van der Waals surface area contributed by atoms with Gasteiger partial charge in [0, 0.05) is 33.3 Å². The van der Waals surface area contributed by atoms with Crippen LogP contribution in [0.2, 0.25) is 0 Å². The first-order valence-electron chi connectivity index (χ1n) is 10.2. The second kappa shape index (κ2) is 8.73. The Labute approximate surface area is 163 Å². The summed E-state index contributed by atoms with van der Waals surface area (Å²) >= 11 is 0. The number of rotatable bonds is 6. The highest BCUT2D eigenvalue weighted by atomic mass is 32.2. The van der Waals surface area contributed by atoms with Crippen molar-refractivity contribution < 1.29 is 17.9 Å². The summed E-state index contributed by atoms with van der Waals surface area (Å²) in [4.78, 5) is 14.5. The summed E-state index contributed by atoms with van der Waals surface area (Å²) in [5.74, 6) is -0.0547. The van der Waals surface area contributed by atoms with E-state index < -0.39 is 15.7 Å². The molecule has 0 aromatic heterocycles. The molecule has 3 aliphatic heterocycles. The number of methoxy groups -OCH3 is 1. The van der Waals surface area contributed by atoms with Gasteiger partial charge < -0.3 is 10.5 Å². The van der Waals surface area contributed by atoms with E-state index in [1.807, 2.05) is 0 Å². The van der Waals surface area contributed by atoms with Crippen LogP contribution in [-0.4, -0.2) is 86.4 Å². The third-order valence-corrected chi connectivity index (χ3v) is 8.51. The number of carbonyl (C=O) groups excluding carboxylic acids is 1. The second-order valence-corrected chi connectivity index (χ2v) is 10.1. The number of ether oxygens (including phenoxy) is 1. The minimum absolute atomic E-state index is 0.251. The molecule has 3 heterocycles. The van der Waals surface area contributed by atoms with Crippen molar-refractivity contribution >= 4 is 16.1 Å². The normalized spacial score (nSPS) is 28.9. The van der Waals surface area contributed by atoms with Crippen molar-refractivity contribution in [1.29, 1.82) is 0 Å². The summed E-state index contributed by atoms with van der Waals surface area (Å²) in [7, 11) is -1.85. The predicted molar refractivity (Wildman–Crippen MR) is 103 cm³/mol. The van der Waals surface area contributed by atoms with Crippen molar-refractivity contribution in [3.8, 4) is 0 Å². The van der Waals surface area contributed by atoms with Gasteiger partial charge in [-0.3, -0.25) is 9.69 Å². The molecule has 2 N–H and O–H groups in total. The maximum absolute atomic E-state index is 13.1. The highest BCUT2D eigenvalue weighted by molar-refractivity contribution is 7.86. The molecule has 0 bridgehead atoms. The van der Waals surface area contributed by atoms with Crippen molar-refractivity contribution in [2.24, 2.45) is 11.7 Å². The van der Waals surface area contributed by atoms with E-state index in [2.05, 4.69) is 4.90 Å². The summed E-state index contributed by atoms with van der Waals surface area (Å²) in [6.07, 6.45) is 6.16. The zero-order chi connectivity index (χ0) is 19.5. The fourth-order valence-corrected chi connectivity index (χ4v) is 6.63. The molecule has 1 atom stereocenters. The first-order chi connectivity index (χ1) is 12.9. The molecule has 1 amide bonds. The number of likely N-dealkylation sites (tertiary alicyclic amines) is 1. The molecule has 0 radical (unpaired) electrons. The first-order valence-corrected chi connectivity index (χ1v) is 11.6. The molecule has 0 saturated carbocycles. The molecule has 1 unspecified atom stereocenters. The van der Waals surface area contributed by atoms with Gasteiger partial charge in [-0.05, 0) is 57.5 Å². The smallest absolute Gasteiger partial charge is 0.281 e. The zero-order valence-electron chi connectivity index (χ0n) is 16.4. The second-order valence-electron chi connectivity index (χ2n) is 8.17. The van der Waals surface area contributed by atoms with Crippen molar-refractivity contribution in [3.63, 3.8) is 0 Å². The molecular weight excluding hydrogens is 368 g/mol. The maximum Gasteiger partial charge on any atom is 0.281 e. The molecular formula is C18H34N4O4S. The Morgan fingerprint density at radius 1 is 1.04 bits per heavy atom. The number of nitrogens with zero attached hydrogens (tertiary/aromatic N) is 3. The molecule has 3 saturated heterocycles. The zero-order valence-corrected chi connectivity index (χ0v) is 17.3. The van der Waals surface area contributed by atoms with Crippen molar-refractivity contribution in [2.75, 3.05) is 53.0 Å². The van der Waals surface area contributed by atoms with Crippen LogP contribution >= 0.6 is 0 Å². The van der Waals surface area contributed by atoms with Crippen LogP contribution in [0.25, 0.3) is 0 Å². The number of hydrogen-bond acceptors (Lipinski definition) is 5. The summed E-state index contributed by atoms with van der Waals surface area (Å²) in [6, 6.07) is 0. The first kappa shape index (κ1) is 21.0. The van der Waals surface area contributed by atoms with Gasteiger partial charge in [-0.1, -0.05) is 6.42 Å². The van der Waals surface area contributed by atoms with Gasteiger partial charge in [0.15, 0.2) is 0 Å². The van der Waals surface area contributed by atoms with Crippen LogP contribution in [0, 0.1) is 5.92 Å². The van der Waals surface area contributed by atoms with Crippen LogP contribution in [0.5, 0.6) is 0 Å². The number of amides is 1. The van der Waals surface area contributed by atoms with Crippen LogP contribution in [0.3, 0.4) is 0 Å². The fraction of sp³-hybridized carbons (Fsp3) is 0.944. The molecule has 3 fully saturated rings. The van der Waals surface area contributed by atoms with Gasteiger partial charge in [-0.15, -0.1) is 0 Å². The lowest BCUT2D eigenvalue weighted by molar-refractivity contribution is -0.134. The number of carbonyl (C=O) groups is 1. The Balaban J connectivity index is 1.67. The predicted octanol–water partition coefficient (Wildman–Crippen LogP) is 0.395. The van der Waals surface area contributed by atoms with Crippen molar-refractivity contribution in [2.45, 2.75) is 50.5 Å². The third-order valence-electron chi connectivity index (χ3n) is 6.51. The van der Waals surface area contributed by atoms with Gasteiger partial charge in [0.2, 0.25) is 5.91 Å². The van der Waals surface area contributed by atoms with Crippen LogP contribution < -0.4 is 5.73 Å². The van der Waals surface area contributed by atoms with Gasteiger partial charge >= 0.3 is 0 Å². The molecule has 0 aromatic carbocycles. The molecule has 0 aromatic rings. The average Bonchev–Trinajstić information content (AvgIpc) is 2.69. The van der Waals surface area contributed by atoms with Crippen LogP contribution in [-0.2, 0) is 19.7 Å². The fourth-order valence-electron chi connectivity index (χ4n) is 4.90. The van der Waals surface area contributed by atoms with Gasteiger partial charge in [-0.25, -0.2) is 0 Å². The minimum atomic E-state index is -3.50. The summed E-state index contributed by atoms with van der Waals surface area (Å²) in [5, 5.41) is 0. The highest BCUT2D eigenvalue weighted by Crippen LogP contribution is 2.33. The van der Waals surface area contributed by atoms with E-state index in [-0.39, 0.29) is 11.8 Å². The van der Waals surface area contributed by atoms with Crippen LogP contribution in [0.15, 0.2) is 0 Å². The Bertz CT molecular complexity index is 611. The van der Waals surface area contributed by atoms with E-state index in [9.17, 15) is 13.2 Å². The molecule has 3 aliphatic rings. The molecule has 156 valence electrons. The molecule has 9 heteroatoms. The highest BCUT2D eigenvalue weighted by Gasteiger charge is 2.47. The van der Waals surface area contributed by atoms with Crippen molar-refractivity contribution in [1.82, 2.24) is 13.5 Å². The minimum Gasteiger partial charge on any atom is -0.384 e. The third kappa shape index (κ3) is 4.32. The van der Waals surface area contributed by atoms with Gasteiger partial charge in [-0.2, -0.15) is 17.0 Å². The molecule has 8 nitrogen and oxygen atoms in total. The Kier molecular flexibility index (Phi) is 6.79.